The highest BCUT2D eigenvalue weighted by Gasteiger charge is 2.23. The van der Waals surface area contributed by atoms with E-state index in [-0.39, 0.29) is 54.5 Å². The van der Waals surface area contributed by atoms with Gasteiger partial charge in [-0.25, -0.2) is 18.2 Å². The van der Waals surface area contributed by atoms with E-state index in [1.54, 1.807) is 36.4 Å². The van der Waals surface area contributed by atoms with Crippen molar-refractivity contribution in [3.05, 3.63) is 79.4 Å². The third kappa shape index (κ3) is 9.69. The first-order chi connectivity index (χ1) is 21.7. The van der Waals surface area contributed by atoms with Crippen molar-refractivity contribution >= 4 is 33.6 Å². The van der Waals surface area contributed by atoms with Crippen molar-refractivity contribution in [2.75, 3.05) is 43.6 Å². The minimum Gasteiger partial charge on any atom is -0.493 e. The van der Waals surface area contributed by atoms with Crippen LogP contribution < -0.4 is 29.0 Å². The number of aromatic nitrogens is 3. The lowest BCUT2D eigenvalue weighted by molar-refractivity contribution is -0.141. The molecule has 0 atom stereocenters. The highest BCUT2D eigenvalue weighted by molar-refractivity contribution is 7.92. The number of methoxy groups -OCH3 is 1. The molecule has 0 aliphatic rings. The number of hydrogen-bond acceptors (Lipinski definition) is 13. The van der Waals surface area contributed by atoms with Gasteiger partial charge < -0.3 is 28.4 Å². The van der Waals surface area contributed by atoms with E-state index < -0.39 is 22.1 Å². The molecule has 0 saturated carbocycles. The average molecular weight is 640 g/mol. The summed E-state index contributed by atoms with van der Waals surface area (Å²) in [5, 5.41) is 2.54. The second-order valence-corrected chi connectivity index (χ2v) is 10.4. The molecular weight excluding hydrogens is 610 g/mol. The van der Waals surface area contributed by atoms with Gasteiger partial charge in [0, 0.05) is 25.0 Å². The fourth-order valence-electron chi connectivity index (χ4n) is 3.55. The summed E-state index contributed by atoms with van der Waals surface area (Å²) >= 11 is 0. The Kier molecular flexibility index (Phi) is 11.3. The zero-order chi connectivity index (χ0) is 32.1. The number of ether oxygens (including phenoxy) is 6. The number of benzene rings is 2. The third-order valence-corrected chi connectivity index (χ3v) is 6.91. The first-order valence-corrected chi connectivity index (χ1v) is 14.7. The number of nitrogens with one attached hydrogen (secondary N) is 2. The number of rotatable bonds is 15. The Morgan fingerprint density at radius 2 is 1.51 bits per heavy atom. The Labute approximate surface area is 258 Å². The summed E-state index contributed by atoms with van der Waals surface area (Å²) in [6, 6.07) is 15.4. The number of anilines is 2. The monoisotopic (exact) mass is 639 g/mol. The molecule has 2 N–H and O–H groups in total. The fourth-order valence-corrected chi connectivity index (χ4v) is 4.56. The van der Waals surface area contributed by atoms with Crippen LogP contribution in [0.25, 0.3) is 0 Å². The number of esters is 1. The van der Waals surface area contributed by atoms with Crippen molar-refractivity contribution in [3.63, 3.8) is 0 Å². The number of amides is 1. The number of carbonyl (C=O) groups excluding carboxylic acids is 2. The highest BCUT2D eigenvalue weighted by atomic mass is 32.2. The molecule has 4 aromatic rings. The van der Waals surface area contributed by atoms with Crippen LogP contribution in [0.5, 0.6) is 28.9 Å². The van der Waals surface area contributed by atoms with Gasteiger partial charge in [0.2, 0.25) is 5.75 Å². The van der Waals surface area contributed by atoms with Crippen LogP contribution in [0, 0.1) is 0 Å². The molecule has 236 valence electrons. The lowest BCUT2D eigenvalue weighted by atomic mass is 10.3. The van der Waals surface area contributed by atoms with Crippen LogP contribution in [0.4, 0.5) is 16.3 Å². The lowest BCUT2D eigenvalue weighted by Gasteiger charge is -2.17. The Hall–Kier alpha value is -5.64. The Morgan fingerprint density at radius 3 is 2.22 bits per heavy atom. The van der Waals surface area contributed by atoms with Crippen LogP contribution in [0.1, 0.15) is 6.92 Å². The standard InChI is InChI=1S/C29H29N5O10S/c1-20(35)40-15-16-41-22-7-9-23(10-8-22)45(37,38)34-27-26(44-25-6-4-3-5-24(25)39-2)28(32-19-31-27)42-17-18-43-29(36)33-21-11-13-30-14-12-21/h3-14,19H,15-18H2,1-2H3,(H,30,33,36)(H,31,32,34). The van der Waals surface area contributed by atoms with Gasteiger partial charge in [0.25, 0.3) is 15.9 Å². The molecular formula is C29H29N5O10S. The molecule has 0 radical (unpaired) electrons. The summed E-state index contributed by atoms with van der Waals surface area (Å²) < 4.78 is 61.5. The molecule has 1 amide bonds. The Morgan fingerprint density at radius 1 is 0.822 bits per heavy atom. The van der Waals surface area contributed by atoms with Crippen molar-refractivity contribution in [3.8, 4) is 28.9 Å². The van der Waals surface area contributed by atoms with Gasteiger partial charge in [-0.1, -0.05) is 12.1 Å². The molecule has 0 aliphatic carbocycles. The average Bonchev–Trinajstić information content (AvgIpc) is 3.03. The molecule has 0 unspecified atom stereocenters. The Balaban J connectivity index is 1.49. The number of nitrogens with zero attached hydrogens (tertiary/aromatic N) is 3. The summed E-state index contributed by atoms with van der Waals surface area (Å²) in [6.45, 7) is 1.10. The maximum absolute atomic E-state index is 13.3. The predicted octanol–water partition coefficient (Wildman–Crippen LogP) is 4.04. The molecule has 0 bridgehead atoms. The van der Waals surface area contributed by atoms with E-state index in [4.69, 9.17) is 28.4 Å². The molecule has 4 rings (SSSR count). The quantitative estimate of drug-likeness (QED) is 0.140. The van der Waals surface area contributed by atoms with Gasteiger partial charge in [-0.2, -0.15) is 4.98 Å². The maximum atomic E-state index is 13.3. The van der Waals surface area contributed by atoms with E-state index in [1.165, 1.54) is 50.7 Å². The molecule has 0 spiro atoms. The smallest absolute Gasteiger partial charge is 0.411 e. The van der Waals surface area contributed by atoms with Gasteiger partial charge in [0.05, 0.1) is 12.0 Å². The van der Waals surface area contributed by atoms with Gasteiger partial charge in [-0.3, -0.25) is 19.8 Å². The van der Waals surface area contributed by atoms with E-state index >= 15 is 0 Å². The number of hydrogen-bond donors (Lipinski definition) is 2. The number of para-hydroxylation sites is 2. The second kappa shape index (κ2) is 15.7. The summed E-state index contributed by atoms with van der Waals surface area (Å²) in [5.41, 5.74) is 0.498. The molecule has 16 heteroatoms. The van der Waals surface area contributed by atoms with Gasteiger partial charge in [-0.15, -0.1) is 0 Å². The minimum absolute atomic E-state index is 0.0506. The van der Waals surface area contributed by atoms with Crippen molar-refractivity contribution in [2.24, 2.45) is 0 Å². The lowest BCUT2D eigenvalue weighted by Crippen LogP contribution is -2.18. The maximum Gasteiger partial charge on any atom is 0.411 e. The summed E-state index contributed by atoms with van der Waals surface area (Å²) in [7, 11) is -2.75. The highest BCUT2D eigenvalue weighted by Crippen LogP contribution is 2.39. The van der Waals surface area contributed by atoms with E-state index in [9.17, 15) is 18.0 Å². The summed E-state index contributed by atoms with van der Waals surface area (Å²) in [5.74, 6) is -0.0267. The molecule has 2 aromatic carbocycles. The molecule has 15 nitrogen and oxygen atoms in total. The topological polar surface area (TPSA) is 186 Å². The van der Waals surface area contributed by atoms with Crippen LogP contribution in [-0.2, 0) is 24.3 Å². The normalized spacial score (nSPS) is 10.7. The van der Waals surface area contributed by atoms with E-state index in [2.05, 4.69) is 25.0 Å². The van der Waals surface area contributed by atoms with Crippen LogP contribution >= 0.6 is 0 Å². The first kappa shape index (κ1) is 32.3. The summed E-state index contributed by atoms with van der Waals surface area (Å²) in [4.78, 5) is 34.9. The molecule has 45 heavy (non-hydrogen) atoms. The molecule has 2 heterocycles. The molecule has 0 fully saturated rings. The number of sulfonamides is 1. The predicted molar refractivity (Wildman–Crippen MR) is 159 cm³/mol. The van der Waals surface area contributed by atoms with E-state index in [0.717, 1.165) is 6.33 Å². The van der Waals surface area contributed by atoms with Crippen LogP contribution in [-0.4, -0.2) is 69.0 Å². The van der Waals surface area contributed by atoms with Gasteiger partial charge >= 0.3 is 12.1 Å². The van der Waals surface area contributed by atoms with Crippen LogP contribution in [0.3, 0.4) is 0 Å². The largest absolute Gasteiger partial charge is 0.493 e. The molecule has 0 aliphatic heterocycles. The minimum atomic E-state index is -4.19. The van der Waals surface area contributed by atoms with Gasteiger partial charge in [0.15, 0.2) is 17.3 Å². The van der Waals surface area contributed by atoms with Crippen molar-refractivity contribution in [1.29, 1.82) is 0 Å². The summed E-state index contributed by atoms with van der Waals surface area (Å²) in [6.07, 6.45) is 3.40. The van der Waals surface area contributed by atoms with E-state index in [1.807, 2.05) is 0 Å². The van der Waals surface area contributed by atoms with Gasteiger partial charge in [-0.05, 0) is 48.5 Å². The third-order valence-electron chi connectivity index (χ3n) is 5.56. The number of carbonyl (C=O) groups is 2. The van der Waals surface area contributed by atoms with Crippen LogP contribution in [0.15, 0.2) is 84.3 Å². The fraction of sp³-hybridized carbons (Fsp3) is 0.207. The molecule has 2 aromatic heterocycles. The Bertz CT molecular complexity index is 1690. The zero-order valence-corrected chi connectivity index (χ0v) is 25.0. The van der Waals surface area contributed by atoms with Crippen molar-refractivity contribution < 1.29 is 46.4 Å². The number of pyridine rings is 1. The van der Waals surface area contributed by atoms with Crippen LogP contribution in [0.2, 0.25) is 0 Å². The van der Waals surface area contributed by atoms with Crippen molar-refractivity contribution in [1.82, 2.24) is 15.0 Å². The molecule has 0 saturated heterocycles. The van der Waals surface area contributed by atoms with Crippen molar-refractivity contribution in [2.45, 2.75) is 11.8 Å². The van der Waals surface area contributed by atoms with Gasteiger partial charge in [0.1, 0.15) is 38.5 Å². The second-order valence-electron chi connectivity index (χ2n) is 8.72. The van der Waals surface area contributed by atoms with E-state index in [0.29, 0.717) is 17.2 Å². The first-order valence-electron chi connectivity index (χ1n) is 13.3. The zero-order valence-electron chi connectivity index (χ0n) is 24.2. The SMILES string of the molecule is COc1ccccc1Oc1c(NS(=O)(=O)c2ccc(OCCOC(C)=O)cc2)ncnc1OCCOC(=O)Nc1ccncc1.